The van der Waals surface area contributed by atoms with Crippen LogP contribution in [-0.2, 0) is 0 Å². The molecule has 1 atom stereocenters. The van der Waals surface area contributed by atoms with E-state index in [2.05, 4.69) is 10.5 Å². The minimum Gasteiger partial charge on any atom is -0.391 e. The van der Waals surface area contributed by atoms with Gasteiger partial charge in [-0.15, -0.1) is 0 Å². The number of benzene rings is 1. The molecular formula is C16H19FN2O3. The van der Waals surface area contributed by atoms with Crippen LogP contribution >= 0.6 is 0 Å². The van der Waals surface area contributed by atoms with Crippen LogP contribution in [0.4, 0.5) is 4.39 Å². The highest BCUT2D eigenvalue weighted by molar-refractivity contribution is 5.93. The van der Waals surface area contributed by atoms with Crippen molar-refractivity contribution < 1.29 is 18.8 Å². The van der Waals surface area contributed by atoms with Gasteiger partial charge in [0.2, 0.25) is 0 Å². The number of aromatic nitrogens is 1. The molecule has 1 amide bonds. The molecule has 0 saturated carbocycles. The van der Waals surface area contributed by atoms with Crippen molar-refractivity contribution in [2.75, 3.05) is 6.54 Å². The van der Waals surface area contributed by atoms with Gasteiger partial charge in [-0.3, -0.25) is 4.79 Å². The van der Waals surface area contributed by atoms with E-state index < -0.39 is 17.8 Å². The number of aliphatic hydroxyl groups excluding tert-OH is 1. The third kappa shape index (κ3) is 3.71. The van der Waals surface area contributed by atoms with Gasteiger partial charge < -0.3 is 14.9 Å². The van der Waals surface area contributed by atoms with Crippen LogP contribution in [0.2, 0.25) is 0 Å². The second-order valence-electron chi connectivity index (χ2n) is 6.15. The van der Waals surface area contributed by atoms with E-state index in [1.165, 1.54) is 12.1 Å². The van der Waals surface area contributed by atoms with Gasteiger partial charge in [0, 0.05) is 12.6 Å². The van der Waals surface area contributed by atoms with Crippen LogP contribution in [0.3, 0.4) is 0 Å². The maximum Gasteiger partial charge on any atom is 0.273 e. The molecule has 0 aliphatic carbocycles. The van der Waals surface area contributed by atoms with E-state index >= 15 is 0 Å². The molecule has 0 saturated heterocycles. The quantitative estimate of drug-likeness (QED) is 0.910. The topological polar surface area (TPSA) is 75.4 Å². The van der Waals surface area contributed by atoms with Gasteiger partial charge in [0.1, 0.15) is 5.82 Å². The number of nitrogens with zero attached hydrogens (tertiary/aromatic N) is 1. The molecule has 5 nitrogen and oxygen atoms in total. The zero-order valence-electron chi connectivity index (χ0n) is 12.8. The summed E-state index contributed by atoms with van der Waals surface area (Å²) in [5, 5.41) is 16.1. The Morgan fingerprint density at radius 2 is 2.09 bits per heavy atom. The Labute approximate surface area is 128 Å². The smallest absolute Gasteiger partial charge is 0.273 e. The molecule has 1 aromatic heterocycles. The van der Waals surface area contributed by atoms with E-state index in [1.807, 2.05) is 20.8 Å². The average Bonchev–Trinajstić information content (AvgIpc) is 2.93. The van der Waals surface area contributed by atoms with Crippen molar-refractivity contribution in [3.63, 3.8) is 0 Å². The molecule has 1 aromatic carbocycles. The zero-order valence-corrected chi connectivity index (χ0v) is 12.8. The van der Waals surface area contributed by atoms with Crippen molar-refractivity contribution >= 4 is 5.91 Å². The molecule has 2 aromatic rings. The van der Waals surface area contributed by atoms with Crippen LogP contribution < -0.4 is 5.32 Å². The minimum atomic E-state index is -0.686. The monoisotopic (exact) mass is 306 g/mol. The van der Waals surface area contributed by atoms with Crippen LogP contribution in [-0.4, -0.2) is 28.8 Å². The van der Waals surface area contributed by atoms with Crippen molar-refractivity contribution in [2.24, 2.45) is 5.41 Å². The van der Waals surface area contributed by atoms with Crippen LogP contribution in [0.25, 0.3) is 11.3 Å². The summed E-state index contributed by atoms with van der Waals surface area (Å²) >= 11 is 0. The number of aliphatic hydroxyl groups is 1. The highest BCUT2D eigenvalue weighted by Crippen LogP contribution is 2.23. The Balaban J connectivity index is 2.06. The van der Waals surface area contributed by atoms with Gasteiger partial charge in [0.05, 0.1) is 11.7 Å². The Bertz CT molecular complexity index is 661. The van der Waals surface area contributed by atoms with Crippen molar-refractivity contribution in [1.29, 1.82) is 0 Å². The molecule has 2 rings (SSSR count). The summed E-state index contributed by atoms with van der Waals surface area (Å²) < 4.78 is 18.7. The third-order valence-electron chi connectivity index (χ3n) is 3.34. The number of halogens is 1. The predicted molar refractivity (Wildman–Crippen MR) is 79.7 cm³/mol. The van der Waals surface area contributed by atoms with E-state index in [0.29, 0.717) is 0 Å². The van der Waals surface area contributed by atoms with E-state index in [4.69, 9.17) is 4.52 Å². The summed E-state index contributed by atoms with van der Waals surface area (Å²) in [6.07, 6.45) is -0.686. The SMILES string of the molecule is CC(C)(C)C(O)CNC(=O)c1cc(-c2ccccc2F)on1. The lowest BCUT2D eigenvalue weighted by atomic mass is 9.89. The van der Waals surface area contributed by atoms with Crippen molar-refractivity contribution in [3.8, 4) is 11.3 Å². The normalized spacial score (nSPS) is 13.0. The molecule has 0 radical (unpaired) electrons. The Kier molecular flexibility index (Phi) is 4.61. The van der Waals surface area contributed by atoms with Gasteiger partial charge in [-0.25, -0.2) is 4.39 Å². The van der Waals surface area contributed by atoms with Gasteiger partial charge in [-0.1, -0.05) is 38.1 Å². The molecule has 0 fully saturated rings. The highest BCUT2D eigenvalue weighted by Gasteiger charge is 2.23. The van der Waals surface area contributed by atoms with Gasteiger partial charge in [0.25, 0.3) is 5.91 Å². The summed E-state index contributed by atoms with van der Waals surface area (Å²) in [4.78, 5) is 12.0. The summed E-state index contributed by atoms with van der Waals surface area (Å²) in [5.41, 5.74) is -0.0572. The molecule has 0 bridgehead atoms. The number of carbonyl (C=O) groups is 1. The fourth-order valence-corrected chi connectivity index (χ4v) is 1.76. The lowest BCUT2D eigenvalue weighted by molar-refractivity contribution is 0.0584. The molecule has 22 heavy (non-hydrogen) atoms. The Hall–Kier alpha value is -2.21. The molecule has 2 N–H and O–H groups in total. The van der Waals surface area contributed by atoms with Crippen LogP contribution in [0.1, 0.15) is 31.3 Å². The van der Waals surface area contributed by atoms with Crippen LogP contribution in [0.15, 0.2) is 34.9 Å². The standard InChI is InChI=1S/C16H19FN2O3/c1-16(2,3)14(20)9-18-15(21)12-8-13(22-19-12)10-6-4-5-7-11(10)17/h4-8,14,20H,9H2,1-3H3,(H,18,21). The lowest BCUT2D eigenvalue weighted by Crippen LogP contribution is -2.39. The Morgan fingerprint density at radius 1 is 1.41 bits per heavy atom. The number of nitrogens with one attached hydrogen (secondary N) is 1. The highest BCUT2D eigenvalue weighted by atomic mass is 19.1. The number of hydrogen-bond acceptors (Lipinski definition) is 4. The van der Waals surface area contributed by atoms with E-state index in [1.54, 1.807) is 18.2 Å². The van der Waals surface area contributed by atoms with E-state index in [0.717, 1.165) is 0 Å². The molecule has 0 aliphatic heterocycles. The van der Waals surface area contributed by atoms with Crippen LogP contribution in [0.5, 0.6) is 0 Å². The fraction of sp³-hybridized carbons (Fsp3) is 0.375. The second-order valence-corrected chi connectivity index (χ2v) is 6.15. The maximum absolute atomic E-state index is 13.6. The molecule has 0 spiro atoms. The largest absolute Gasteiger partial charge is 0.391 e. The number of carbonyl (C=O) groups excluding carboxylic acids is 1. The van der Waals surface area contributed by atoms with Crippen LogP contribution in [0, 0.1) is 11.2 Å². The first-order valence-corrected chi connectivity index (χ1v) is 6.97. The minimum absolute atomic E-state index is 0.0411. The number of rotatable bonds is 4. The van der Waals surface area contributed by atoms with Gasteiger partial charge in [0.15, 0.2) is 11.5 Å². The zero-order chi connectivity index (χ0) is 16.3. The van der Waals surface area contributed by atoms with Gasteiger partial charge >= 0.3 is 0 Å². The third-order valence-corrected chi connectivity index (χ3v) is 3.34. The first-order valence-electron chi connectivity index (χ1n) is 6.97. The first kappa shape index (κ1) is 16.2. The molecule has 6 heteroatoms. The van der Waals surface area contributed by atoms with Gasteiger partial charge in [-0.05, 0) is 17.5 Å². The van der Waals surface area contributed by atoms with Gasteiger partial charge in [-0.2, -0.15) is 0 Å². The van der Waals surface area contributed by atoms with E-state index in [-0.39, 0.29) is 29.0 Å². The van der Waals surface area contributed by atoms with Crippen molar-refractivity contribution in [2.45, 2.75) is 26.9 Å². The van der Waals surface area contributed by atoms with Crippen molar-refractivity contribution in [3.05, 3.63) is 41.8 Å². The summed E-state index contributed by atoms with van der Waals surface area (Å²) in [7, 11) is 0. The van der Waals surface area contributed by atoms with Crippen molar-refractivity contribution in [1.82, 2.24) is 10.5 Å². The molecule has 1 heterocycles. The average molecular weight is 306 g/mol. The molecule has 1 unspecified atom stereocenters. The lowest BCUT2D eigenvalue weighted by Gasteiger charge is -2.25. The molecule has 0 aliphatic rings. The number of amides is 1. The summed E-state index contributed by atoms with van der Waals surface area (Å²) in [6.45, 7) is 5.72. The molecular weight excluding hydrogens is 287 g/mol. The predicted octanol–water partition coefficient (Wildman–Crippen LogP) is 2.62. The summed E-state index contributed by atoms with van der Waals surface area (Å²) in [6, 6.07) is 7.45. The van der Waals surface area contributed by atoms with E-state index in [9.17, 15) is 14.3 Å². The Morgan fingerprint density at radius 3 is 2.73 bits per heavy atom. The second kappa shape index (κ2) is 6.27. The number of hydrogen-bond donors (Lipinski definition) is 2. The fourth-order valence-electron chi connectivity index (χ4n) is 1.76. The first-order chi connectivity index (χ1) is 10.3. The summed E-state index contributed by atoms with van der Waals surface area (Å²) in [5.74, 6) is -0.747. The molecule has 118 valence electrons. The maximum atomic E-state index is 13.6.